The van der Waals surface area contributed by atoms with Crippen molar-refractivity contribution in [1.29, 1.82) is 0 Å². The third-order valence-corrected chi connectivity index (χ3v) is 4.78. The van der Waals surface area contributed by atoms with Gasteiger partial charge in [-0.2, -0.15) is 0 Å². The van der Waals surface area contributed by atoms with Gasteiger partial charge >= 0.3 is 12.0 Å². The number of nitrogens with one attached hydrogen (secondary N) is 1. The molecule has 0 saturated carbocycles. The van der Waals surface area contributed by atoms with Gasteiger partial charge in [-0.3, -0.25) is 9.47 Å². The molecule has 14 nitrogen and oxygen atoms in total. The Labute approximate surface area is 169 Å². The van der Waals surface area contributed by atoms with Crippen LogP contribution < -0.4 is 10.2 Å². The Bertz CT molecular complexity index is 936. The zero-order valence-corrected chi connectivity index (χ0v) is 16.0. The first-order valence-electron chi connectivity index (χ1n) is 8.94. The molecule has 2 amide bonds. The van der Waals surface area contributed by atoms with Gasteiger partial charge in [-0.1, -0.05) is 0 Å². The second-order valence-corrected chi connectivity index (χ2v) is 6.70. The summed E-state index contributed by atoms with van der Waals surface area (Å²) in [6.07, 6.45) is -4.13. The summed E-state index contributed by atoms with van der Waals surface area (Å²) >= 11 is 0. The van der Waals surface area contributed by atoms with Crippen LogP contribution in [0.3, 0.4) is 0 Å². The summed E-state index contributed by atoms with van der Waals surface area (Å²) in [5, 5.41) is 51.3. The van der Waals surface area contributed by atoms with E-state index in [9.17, 15) is 35.1 Å². The van der Waals surface area contributed by atoms with E-state index in [1.54, 1.807) is 0 Å². The number of ether oxygens (including phenoxy) is 1. The Morgan fingerprint density at radius 3 is 2.53 bits per heavy atom. The fourth-order valence-corrected chi connectivity index (χ4v) is 3.32. The van der Waals surface area contributed by atoms with E-state index in [4.69, 9.17) is 4.74 Å². The van der Waals surface area contributed by atoms with Gasteiger partial charge in [0.15, 0.2) is 29.3 Å². The van der Waals surface area contributed by atoms with Gasteiger partial charge in [-0.05, 0) is 6.92 Å². The van der Waals surface area contributed by atoms with Crippen molar-refractivity contribution < 1.29 is 39.9 Å². The maximum absolute atomic E-state index is 12.5. The number of carboxylic acid groups (broad SMARTS) is 1. The number of hydrogen-bond donors (Lipinski definition) is 6. The Hall–Kier alpha value is -2.91. The van der Waals surface area contributed by atoms with E-state index in [0.29, 0.717) is 0 Å². The minimum atomic E-state index is -1.68. The molecule has 1 fully saturated rings. The molecule has 0 unspecified atom stereocenters. The highest BCUT2D eigenvalue weighted by atomic mass is 16.6. The third kappa shape index (κ3) is 3.54. The van der Waals surface area contributed by atoms with Crippen LogP contribution in [0.2, 0.25) is 0 Å². The molecule has 164 valence electrons. The van der Waals surface area contributed by atoms with Crippen LogP contribution in [0.15, 0.2) is 12.7 Å². The number of imidazole rings is 1. The Kier molecular flexibility index (Phi) is 6.14. The number of nitrogens with zero attached hydrogens (tertiary/aromatic N) is 5. The summed E-state index contributed by atoms with van der Waals surface area (Å²) in [6.45, 7) is 0.686. The van der Waals surface area contributed by atoms with E-state index in [2.05, 4.69) is 20.3 Å². The third-order valence-electron chi connectivity index (χ3n) is 4.78. The summed E-state index contributed by atoms with van der Waals surface area (Å²) in [6, 6.07) is -2.53. The number of aliphatic hydroxyl groups is 4. The van der Waals surface area contributed by atoms with Gasteiger partial charge in [0, 0.05) is 7.05 Å². The van der Waals surface area contributed by atoms with Crippen molar-refractivity contribution in [2.24, 2.45) is 0 Å². The van der Waals surface area contributed by atoms with Crippen LogP contribution in [0.25, 0.3) is 11.2 Å². The van der Waals surface area contributed by atoms with E-state index in [1.165, 1.54) is 24.9 Å². The van der Waals surface area contributed by atoms with Gasteiger partial charge in [-0.25, -0.2) is 24.5 Å². The minimum Gasteiger partial charge on any atom is -0.480 e. The molecule has 3 heterocycles. The molecule has 1 saturated heterocycles. The number of aliphatic hydroxyl groups excluding tert-OH is 4. The van der Waals surface area contributed by atoms with Crippen LogP contribution in [0.4, 0.5) is 10.6 Å². The molecular formula is C16H22N6O8. The van der Waals surface area contributed by atoms with Crippen LogP contribution in [0.1, 0.15) is 13.2 Å². The number of rotatable bonds is 6. The average Bonchev–Trinajstić information content (AvgIpc) is 3.26. The molecule has 0 aromatic carbocycles. The number of carboxylic acids is 1. The second-order valence-electron chi connectivity index (χ2n) is 6.70. The largest absolute Gasteiger partial charge is 0.480 e. The second kappa shape index (κ2) is 8.45. The number of aliphatic carboxylic acids is 1. The quantitative estimate of drug-likeness (QED) is 0.283. The van der Waals surface area contributed by atoms with Crippen LogP contribution in [-0.4, -0.2) is 101 Å². The Morgan fingerprint density at radius 2 is 2.00 bits per heavy atom. The van der Waals surface area contributed by atoms with Crippen LogP contribution in [0.5, 0.6) is 0 Å². The number of hydrogen-bond acceptors (Lipinski definition) is 10. The number of fused-ring (bicyclic) bond motifs is 1. The van der Waals surface area contributed by atoms with E-state index < -0.39 is 55.3 Å². The molecular weight excluding hydrogens is 404 g/mol. The summed E-state index contributed by atoms with van der Waals surface area (Å²) in [5.41, 5.74) is 0.0595. The molecule has 1 aliphatic heterocycles. The molecule has 0 spiro atoms. The van der Waals surface area contributed by atoms with Crippen LogP contribution in [0, 0.1) is 0 Å². The summed E-state index contributed by atoms with van der Waals surface area (Å²) in [4.78, 5) is 37.1. The van der Waals surface area contributed by atoms with Gasteiger partial charge in [-0.15, -0.1) is 0 Å². The predicted octanol–water partition coefficient (Wildman–Crippen LogP) is -2.58. The molecule has 0 radical (unpaired) electrons. The maximum atomic E-state index is 12.5. The van der Waals surface area contributed by atoms with Gasteiger partial charge in [0.1, 0.15) is 24.6 Å². The van der Waals surface area contributed by atoms with Gasteiger partial charge in [0.2, 0.25) is 0 Å². The highest BCUT2D eigenvalue weighted by Crippen LogP contribution is 2.33. The SMILES string of the molecule is CNC(=O)N(c1ncnc2c1ncn2[C@@H]1O[C@H](CO)[C@@H](O)[C@H]1O)[C@H](C(=O)O)[C@@H](C)O. The smallest absolute Gasteiger partial charge is 0.329 e. The first-order chi connectivity index (χ1) is 14.2. The van der Waals surface area contributed by atoms with Gasteiger partial charge in [0.05, 0.1) is 19.0 Å². The molecule has 6 N–H and O–H groups in total. The number of urea groups is 1. The number of anilines is 1. The molecule has 1 aliphatic rings. The Morgan fingerprint density at radius 1 is 1.30 bits per heavy atom. The molecule has 6 atom stereocenters. The van der Waals surface area contributed by atoms with E-state index in [0.717, 1.165) is 11.2 Å². The van der Waals surface area contributed by atoms with Gasteiger partial charge in [0.25, 0.3) is 0 Å². The standard InChI is InChI=1S/C16H22N6O8/c1-6(24)9(15(27)28)22(16(29)17-2)13-8-12(18-4-19-13)21(5-20-8)14-11(26)10(25)7(3-23)30-14/h4-7,9-11,14,23-26H,3H2,1-2H3,(H,17,29)(H,27,28)/t6-,7-,9+,10-,11-,14-/m1/s1. The zero-order valence-electron chi connectivity index (χ0n) is 16.0. The summed E-state index contributed by atoms with van der Waals surface area (Å²) < 4.78 is 6.73. The van der Waals surface area contributed by atoms with Crippen LogP contribution in [-0.2, 0) is 9.53 Å². The number of amides is 2. The van der Waals surface area contributed by atoms with Crippen molar-refractivity contribution in [3.05, 3.63) is 12.7 Å². The highest BCUT2D eigenvalue weighted by molar-refractivity contribution is 6.02. The molecule has 2 aromatic rings. The summed E-state index contributed by atoms with van der Waals surface area (Å²) in [5.74, 6) is -1.67. The topological polar surface area (TPSA) is 203 Å². The lowest BCUT2D eigenvalue weighted by Crippen LogP contribution is -2.54. The first kappa shape index (κ1) is 21.8. The number of carbonyl (C=O) groups excluding carboxylic acids is 1. The maximum Gasteiger partial charge on any atom is 0.329 e. The van der Waals surface area contributed by atoms with E-state index in [1.807, 2.05) is 0 Å². The number of aromatic nitrogens is 4. The predicted molar refractivity (Wildman–Crippen MR) is 98.4 cm³/mol. The summed E-state index contributed by atoms with van der Waals surface area (Å²) in [7, 11) is 1.28. The molecule has 2 aromatic heterocycles. The average molecular weight is 426 g/mol. The normalized spacial score (nSPS) is 25.8. The molecule has 3 rings (SSSR count). The molecule has 30 heavy (non-hydrogen) atoms. The molecule has 0 aliphatic carbocycles. The van der Waals surface area contributed by atoms with Crippen molar-refractivity contribution in [3.63, 3.8) is 0 Å². The highest BCUT2D eigenvalue weighted by Gasteiger charge is 2.44. The lowest BCUT2D eigenvalue weighted by atomic mass is 10.1. The minimum absolute atomic E-state index is 0.00858. The van der Waals surface area contributed by atoms with Crippen molar-refractivity contribution in [1.82, 2.24) is 24.8 Å². The molecule has 0 bridgehead atoms. The number of carbonyl (C=O) groups is 2. The van der Waals surface area contributed by atoms with Crippen molar-refractivity contribution in [2.45, 2.75) is 43.6 Å². The lowest BCUT2D eigenvalue weighted by molar-refractivity contribution is -0.140. The fourth-order valence-electron chi connectivity index (χ4n) is 3.32. The fraction of sp³-hybridized carbons (Fsp3) is 0.562. The monoisotopic (exact) mass is 426 g/mol. The molecule has 14 heteroatoms. The zero-order chi connectivity index (χ0) is 22.2. The van der Waals surface area contributed by atoms with E-state index in [-0.39, 0.29) is 17.0 Å². The van der Waals surface area contributed by atoms with Crippen molar-refractivity contribution in [3.8, 4) is 0 Å². The first-order valence-corrected chi connectivity index (χ1v) is 8.94. The van der Waals surface area contributed by atoms with Crippen LogP contribution >= 0.6 is 0 Å². The lowest BCUT2D eigenvalue weighted by Gasteiger charge is -2.29. The van der Waals surface area contributed by atoms with Gasteiger partial charge < -0.3 is 35.6 Å². The van der Waals surface area contributed by atoms with Crippen molar-refractivity contribution >= 4 is 29.0 Å². The van der Waals surface area contributed by atoms with E-state index >= 15 is 0 Å². The van der Waals surface area contributed by atoms with Crippen molar-refractivity contribution in [2.75, 3.05) is 18.6 Å². The Balaban J connectivity index is 2.12.